The number of aliphatic hydroxyl groups is 1. The van der Waals surface area contributed by atoms with Gasteiger partial charge >= 0.3 is 12.0 Å². The number of hydrogen-bond acceptors (Lipinski definition) is 3. The molecule has 2 amide bonds. The topological polar surface area (TPSA) is 89.9 Å². The number of aliphatic carboxylic acids is 1. The van der Waals surface area contributed by atoms with Crippen LogP contribution in [0.15, 0.2) is 0 Å². The highest BCUT2D eigenvalue weighted by molar-refractivity contribution is 5.82. The first-order valence-corrected chi connectivity index (χ1v) is 4.52. The van der Waals surface area contributed by atoms with Crippen molar-refractivity contribution in [3.63, 3.8) is 0 Å². The molecule has 0 fully saturated rings. The minimum Gasteiger partial charge on any atom is -0.480 e. The monoisotopic (exact) mass is 240 g/mol. The molecule has 0 aliphatic heterocycles. The Hall–Kier alpha value is -1.44. The number of halogens is 2. The van der Waals surface area contributed by atoms with E-state index >= 15 is 0 Å². The van der Waals surface area contributed by atoms with Crippen LogP contribution in [0.3, 0.4) is 0 Å². The van der Waals surface area contributed by atoms with Crippen LogP contribution in [-0.2, 0) is 4.79 Å². The fourth-order valence-electron chi connectivity index (χ4n) is 0.936. The van der Waals surface area contributed by atoms with Crippen molar-refractivity contribution in [2.24, 2.45) is 0 Å². The Morgan fingerprint density at radius 3 is 2.38 bits per heavy atom. The molecule has 0 aromatic carbocycles. The van der Waals surface area contributed by atoms with Crippen LogP contribution in [0, 0.1) is 0 Å². The molecule has 0 heterocycles. The zero-order chi connectivity index (χ0) is 12.7. The van der Waals surface area contributed by atoms with E-state index in [1.165, 1.54) is 0 Å². The highest BCUT2D eigenvalue weighted by Gasteiger charge is 2.22. The van der Waals surface area contributed by atoms with E-state index in [1.807, 2.05) is 5.32 Å². The van der Waals surface area contributed by atoms with E-state index in [-0.39, 0.29) is 6.42 Å². The average molecular weight is 240 g/mol. The lowest BCUT2D eigenvalue weighted by atomic mass is 10.2. The summed E-state index contributed by atoms with van der Waals surface area (Å²) in [5.41, 5.74) is 0. The smallest absolute Gasteiger partial charge is 0.326 e. The third kappa shape index (κ3) is 5.44. The maximum absolute atomic E-state index is 11.9. The van der Waals surface area contributed by atoms with Crippen molar-refractivity contribution in [2.75, 3.05) is 20.2 Å². The molecule has 0 aromatic heterocycles. The van der Waals surface area contributed by atoms with Crippen LogP contribution in [0.5, 0.6) is 0 Å². The number of rotatable bonds is 6. The highest BCUT2D eigenvalue weighted by atomic mass is 19.3. The maximum atomic E-state index is 11.9. The predicted molar refractivity (Wildman–Crippen MR) is 50.3 cm³/mol. The molecule has 0 radical (unpaired) electrons. The summed E-state index contributed by atoms with van der Waals surface area (Å²) in [6.45, 7) is -1.20. The van der Waals surface area contributed by atoms with Gasteiger partial charge < -0.3 is 20.4 Å². The molecule has 3 N–H and O–H groups in total. The summed E-state index contributed by atoms with van der Waals surface area (Å²) in [6, 6.07) is -2.20. The summed E-state index contributed by atoms with van der Waals surface area (Å²) in [5.74, 6) is -1.33. The number of carbonyl (C=O) groups excluding carboxylic acids is 1. The van der Waals surface area contributed by atoms with Crippen LogP contribution in [0.2, 0.25) is 0 Å². The Kier molecular flexibility index (Phi) is 6.31. The van der Waals surface area contributed by atoms with Crippen molar-refractivity contribution in [3.05, 3.63) is 0 Å². The van der Waals surface area contributed by atoms with E-state index in [0.29, 0.717) is 4.90 Å². The summed E-state index contributed by atoms with van der Waals surface area (Å²) in [7, 11) is 1.12. The molecule has 0 aromatic rings. The summed E-state index contributed by atoms with van der Waals surface area (Å²) in [5, 5.41) is 19.2. The Morgan fingerprint density at radius 2 is 2.00 bits per heavy atom. The van der Waals surface area contributed by atoms with Gasteiger partial charge in [0.25, 0.3) is 6.43 Å². The number of carbonyl (C=O) groups is 2. The Balaban J connectivity index is 4.23. The normalized spacial score (nSPS) is 12.3. The summed E-state index contributed by atoms with van der Waals surface area (Å²) >= 11 is 0. The van der Waals surface area contributed by atoms with Crippen LogP contribution in [-0.4, -0.2) is 59.8 Å². The zero-order valence-corrected chi connectivity index (χ0v) is 8.69. The molecule has 0 aliphatic carbocycles. The van der Waals surface area contributed by atoms with E-state index in [1.54, 1.807) is 0 Å². The molecule has 0 bridgehead atoms. The number of nitrogens with zero attached hydrogens (tertiary/aromatic N) is 1. The van der Waals surface area contributed by atoms with E-state index in [2.05, 4.69) is 0 Å². The van der Waals surface area contributed by atoms with Gasteiger partial charge in [-0.15, -0.1) is 0 Å². The molecule has 0 unspecified atom stereocenters. The molecule has 0 rings (SSSR count). The molecule has 0 spiro atoms. The van der Waals surface area contributed by atoms with Crippen molar-refractivity contribution in [2.45, 2.75) is 18.9 Å². The van der Waals surface area contributed by atoms with Crippen LogP contribution >= 0.6 is 0 Å². The second kappa shape index (κ2) is 6.94. The van der Waals surface area contributed by atoms with Gasteiger partial charge in [0, 0.05) is 20.1 Å². The number of urea groups is 1. The molecule has 94 valence electrons. The van der Waals surface area contributed by atoms with Gasteiger partial charge in [-0.3, -0.25) is 0 Å². The molecule has 0 saturated heterocycles. The van der Waals surface area contributed by atoms with Gasteiger partial charge in [0.2, 0.25) is 0 Å². The number of nitrogens with one attached hydrogen (secondary N) is 1. The zero-order valence-electron chi connectivity index (χ0n) is 8.69. The molecule has 0 saturated carbocycles. The van der Waals surface area contributed by atoms with Gasteiger partial charge in [0.05, 0.1) is 6.54 Å². The number of carboxylic acids is 1. The number of alkyl halides is 2. The highest BCUT2D eigenvalue weighted by Crippen LogP contribution is 1.98. The molecule has 0 aliphatic rings. The van der Waals surface area contributed by atoms with Crippen molar-refractivity contribution < 1.29 is 28.6 Å². The average Bonchev–Trinajstić information content (AvgIpc) is 2.15. The number of hydrogen-bond donors (Lipinski definition) is 3. The number of amides is 2. The summed E-state index contributed by atoms with van der Waals surface area (Å²) < 4.78 is 23.8. The third-order valence-electron chi connectivity index (χ3n) is 1.77. The molecule has 6 nitrogen and oxygen atoms in total. The first kappa shape index (κ1) is 14.6. The SMILES string of the molecule is CN(CC(F)F)C(=O)N[C@@H](CCO)C(=O)O. The fourth-order valence-corrected chi connectivity index (χ4v) is 0.936. The van der Waals surface area contributed by atoms with Crippen molar-refractivity contribution in [1.82, 2.24) is 10.2 Å². The lowest BCUT2D eigenvalue weighted by molar-refractivity contribution is -0.139. The molecular formula is C8H14F2N2O4. The summed E-state index contributed by atoms with van der Waals surface area (Å²) in [6.07, 6.45) is -2.86. The largest absolute Gasteiger partial charge is 0.480 e. The van der Waals surface area contributed by atoms with Crippen LogP contribution in [0.4, 0.5) is 13.6 Å². The van der Waals surface area contributed by atoms with Gasteiger partial charge in [-0.2, -0.15) is 0 Å². The molecule has 16 heavy (non-hydrogen) atoms. The van der Waals surface area contributed by atoms with Crippen LogP contribution in [0.1, 0.15) is 6.42 Å². The van der Waals surface area contributed by atoms with Crippen LogP contribution in [0.25, 0.3) is 0 Å². The van der Waals surface area contributed by atoms with Gasteiger partial charge in [0.15, 0.2) is 0 Å². The second-order valence-corrected chi connectivity index (χ2v) is 3.12. The van der Waals surface area contributed by atoms with Crippen LogP contribution < -0.4 is 5.32 Å². The molecule has 8 heteroatoms. The third-order valence-corrected chi connectivity index (χ3v) is 1.77. The standard InChI is InChI=1S/C8H14F2N2O4/c1-12(4-6(9)10)8(16)11-5(2-3-13)7(14)15/h5-6,13H,2-4H2,1H3,(H,11,16)(H,14,15)/t5-/m0/s1. The predicted octanol–water partition coefficient (Wildman–Crippen LogP) is -0.272. The van der Waals surface area contributed by atoms with Crippen molar-refractivity contribution >= 4 is 12.0 Å². The first-order chi connectivity index (χ1) is 7.38. The maximum Gasteiger partial charge on any atom is 0.326 e. The van der Waals surface area contributed by atoms with E-state index < -0.39 is 37.6 Å². The summed E-state index contributed by atoms with van der Waals surface area (Å²) in [4.78, 5) is 22.5. The lowest BCUT2D eigenvalue weighted by Gasteiger charge is -2.20. The van der Waals surface area contributed by atoms with Gasteiger partial charge in [-0.1, -0.05) is 0 Å². The van der Waals surface area contributed by atoms with E-state index in [9.17, 15) is 18.4 Å². The number of aliphatic hydroxyl groups excluding tert-OH is 1. The number of carboxylic acid groups (broad SMARTS) is 1. The Bertz CT molecular complexity index is 250. The van der Waals surface area contributed by atoms with E-state index in [4.69, 9.17) is 10.2 Å². The van der Waals surface area contributed by atoms with Crippen molar-refractivity contribution in [3.8, 4) is 0 Å². The second-order valence-electron chi connectivity index (χ2n) is 3.12. The van der Waals surface area contributed by atoms with Gasteiger partial charge in [-0.25, -0.2) is 18.4 Å². The van der Waals surface area contributed by atoms with Gasteiger partial charge in [-0.05, 0) is 0 Å². The minimum atomic E-state index is -2.68. The lowest BCUT2D eigenvalue weighted by Crippen LogP contribution is -2.48. The Morgan fingerprint density at radius 1 is 1.44 bits per heavy atom. The van der Waals surface area contributed by atoms with Gasteiger partial charge in [0.1, 0.15) is 6.04 Å². The minimum absolute atomic E-state index is 0.177. The Labute approximate surface area is 90.8 Å². The molecule has 1 atom stereocenters. The quantitative estimate of drug-likeness (QED) is 0.596. The molecular weight excluding hydrogens is 226 g/mol. The fraction of sp³-hybridized carbons (Fsp3) is 0.750. The first-order valence-electron chi connectivity index (χ1n) is 4.52. The van der Waals surface area contributed by atoms with Crippen molar-refractivity contribution in [1.29, 1.82) is 0 Å². The van der Waals surface area contributed by atoms with E-state index in [0.717, 1.165) is 7.05 Å².